The topological polar surface area (TPSA) is 149 Å². The minimum absolute atomic E-state index is 0.0697. The number of hydrogen-bond acceptors (Lipinski definition) is 9. The van der Waals surface area contributed by atoms with Crippen molar-refractivity contribution in [2.75, 3.05) is 13.6 Å². The maximum atomic E-state index is 12.9. The van der Waals surface area contributed by atoms with Crippen molar-refractivity contribution in [2.45, 2.75) is 80.9 Å². The number of rotatable bonds is 9. The van der Waals surface area contributed by atoms with Gasteiger partial charge < -0.3 is 40.1 Å². The lowest BCUT2D eigenvalue weighted by molar-refractivity contribution is -0.169. The number of likely N-dealkylation sites (N-methyl/N-ethyl adjacent to an activating group) is 1. The number of carbonyl (C=O) groups excluding carboxylic acids is 1. The molecule has 0 aromatic heterocycles. The number of esters is 1. The number of hydrogen-bond donors (Lipinski definition) is 5. The van der Waals surface area contributed by atoms with Crippen molar-refractivity contribution >= 4 is 11.9 Å². The first kappa shape index (κ1) is 25.7. The zero-order valence-corrected chi connectivity index (χ0v) is 21.1. The highest BCUT2D eigenvalue weighted by Crippen LogP contribution is 2.64. The summed E-state index contributed by atoms with van der Waals surface area (Å²) in [7, 11) is 2.01. The number of nitrogens with one attached hydrogen (secondary N) is 1. The number of piperidine rings is 1. The SMILES string of the molecule is C=C(N[C@@H](CCC(=O)OC1=CC[C@@]2(O)[C@H]3Cc4ccc(CO)c5c4C2(CCN3C)C1O5)C(=O)O)[C@H](C)O. The monoisotopic (exact) mass is 514 g/mol. The molecule has 1 saturated heterocycles. The predicted molar refractivity (Wildman–Crippen MR) is 132 cm³/mol. The van der Waals surface area contributed by atoms with E-state index < -0.39 is 41.2 Å². The van der Waals surface area contributed by atoms with Gasteiger partial charge in [-0.1, -0.05) is 18.7 Å². The quantitative estimate of drug-likeness (QED) is 0.299. The third-order valence-electron chi connectivity index (χ3n) is 8.66. The molecular formula is C27H34N2O8. The van der Waals surface area contributed by atoms with Crippen LogP contribution in [0.4, 0.5) is 0 Å². The number of benzene rings is 1. The lowest BCUT2D eigenvalue weighted by atomic mass is 9.50. The van der Waals surface area contributed by atoms with Crippen LogP contribution in [0.3, 0.4) is 0 Å². The van der Waals surface area contributed by atoms with Gasteiger partial charge in [0, 0.05) is 35.7 Å². The Labute approximate surface area is 215 Å². The van der Waals surface area contributed by atoms with Crippen LogP contribution in [-0.2, 0) is 32.8 Å². The molecule has 200 valence electrons. The fraction of sp³-hybridized carbons (Fsp3) is 0.556. The molecule has 2 unspecified atom stereocenters. The maximum absolute atomic E-state index is 12.9. The van der Waals surface area contributed by atoms with E-state index in [4.69, 9.17) is 9.47 Å². The summed E-state index contributed by atoms with van der Waals surface area (Å²) >= 11 is 0. The second kappa shape index (κ2) is 9.13. The van der Waals surface area contributed by atoms with Crippen molar-refractivity contribution in [2.24, 2.45) is 0 Å². The van der Waals surface area contributed by atoms with Crippen LogP contribution in [0.1, 0.15) is 49.3 Å². The number of likely N-dealkylation sites (tertiary alicyclic amines) is 1. The van der Waals surface area contributed by atoms with E-state index in [1.165, 1.54) is 6.92 Å². The van der Waals surface area contributed by atoms with Gasteiger partial charge in [-0.2, -0.15) is 0 Å². The Morgan fingerprint density at radius 1 is 1.38 bits per heavy atom. The highest BCUT2D eigenvalue weighted by atomic mass is 16.6. The largest absolute Gasteiger partial charge is 0.481 e. The average Bonchev–Trinajstić information content (AvgIpc) is 3.21. The van der Waals surface area contributed by atoms with Gasteiger partial charge in [-0.15, -0.1) is 0 Å². The number of aliphatic hydroxyl groups is 3. The van der Waals surface area contributed by atoms with Crippen molar-refractivity contribution in [3.05, 3.63) is 52.9 Å². The van der Waals surface area contributed by atoms with Gasteiger partial charge in [-0.3, -0.25) is 4.79 Å². The molecule has 0 radical (unpaired) electrons. The fourth-order valence-electron chi connectivity index (χ4n) is 6.68. The summed E-state index contributed by atoms with van der Waals surface area (Å²) in [6.07, 6.45) is 1.30. The van der Waals surface area contributed by atoms with Crippen molar-refractivity contribution < 1.29 is 39.5 Å². The Morgan fingerprint density at radius 3 is 2.81 bits per heavy atom. The van der Waals surface area contributed by atoms with E-state index >= 15 is 0 Å². The first-order valence-electron chi connectivity index (χ1n) is 12.7. The molecular weight excluding hydrogens is 480 g/mol. The van der Waals surface area contributed by atoms with E-state index in [9.17, 15) is 30.0 Å². The third kappa shape index (κ3) is 3.77. The molecule has 1 aromatic carbocycles. The van der Waals surface area contributed by atoms with Gasteiger partial charge in [-0.05, 0) is 51.4 Å². The lowest BCUT2D eigenvalue weighted by Gasteiger charge is -2.61. The first-order valence-corrected chi connectivity index (χ1v) is 12.7. The van der Waals surface area contributed by atoms with Crippen LogP contribution in [-0.4, -0.2) is 80.7 Å². The Balaban J connectivity index is 1.41. The molecule has 5 rings (SSSR count). The molecule has 10 nitrogen and oxygen atoms in total. The number of aliphatic hydroxyl groups excluding tert-OH is 2. The summed E-state index contributed by atoms with van der Waals surface area (Å²) in [5, 5.41) is 43.9. The van der Waals surface area contributed by atoms with Crippen LogP contribution >= 0.6 is 0 Å². The van der Waals surface area contributed by atoms with Gasteiger partial charge in [-0.25, -0.2) is 4.79 Å². The molecule has 1 spiro atoms. The second-order valence-corrected chi connectivity index (χ2v) is 10.6. The molecule has 37 heavy (non-hydrogen) atoms. The van der Waals surface area contributed by atoms with Gasteiger partial charge >= 0.3 is 11.9 Å². The van der Waals surface area contributed by atoms with Crippen LogP contribution in [0.25, 0.3) is 0 Å². The summed E-state index contributed by atoms with van der Waals surface area (Å²) in [4.78, 5) is 26.7. The smallest absolute Gasteiger partial charge is 0.326 e. The van der Waals surface area contributed by atoms with Gasteiger partial charge in [0.25, 0.3) is 0 Å². The highest BCUT2D eigenvalue weighted by Gasteiger charge is 2.71. The molecule has 2 aliphatic heterocycles. The molecule has 0 amide bonds. The van der Waals surface area contributed by atoms with Crippen molar-refractivity contribution in [1.29, 1.82) is 0 Å². The fourth-order valence-corrected chi connectivity index (χ4v) is 6.68. The average molecular weight is 515 g/mol. The standard InChI is InChI=1S/C27H34N2O8/c1-14(15(2)31)28-18(25(33)34)6-7-21(32)36-19-8-9-27(35)20-12-16-4-5-17(13-30)23-22(16)26(27,24(19)37-23)10-11-29(20)3/h4-5,8,15,18,20,24,28,30-31,35H,1,6-7,9-13H2,2-3H3,(H,33,34)/t15-,18-,20+,24?,26?,27+/m0/s1. The lowest BCUT2D eigenvalue weighted by Crippen LogP contribution is -2.74. The minimum atomic E-state index is -1.17. The summed E-state index contributed by atoms with van der Waals surface area (Å²) in [5.41, 5.74) is 0.800. The minimum Gasteiger partial charge on any atom is -0.481 e. The Bertz CT molecular complexity index is 1180. The van der Waals surface area contributed by atoms with E-state index in [0.717, 1.165) is 17.7 Å². The number of carboxylic acids is 1. The summed E-state index contributed by atoms with van der Waals surface area (Å²) in [6.45, 7) is 5.60. The summed E-state index contributed by atoms with van der Waals surface area (Å²) in [6, 6.07) is 2.59. The number of ether oxygens (including phenoxy) is 2. The van der Waals surface area contributed by atoms with Crippen LogP contribution in [0.5, 0.6) is 5.75 Å². The zero-order chi connectivity index (χ0) is 26.7. The van der Waals surface area contributed by atoms with E-state index in [-0.39, 0.29) is 37.6 Å². The van der Waals surface area contributed by atoms with Crippen LogP contribution in [0.2, 0.25) is 0 Å². The molecule has 2 bridgehead atoms. The second-order valence-electron chi connectivity index (χ2n) is 10.6. The highest BCUT2D eigenvalue weighted by molar-refractivity contribution is 5.76. The van der Waals surface area contributed by atoms with E-state index in [2.05, 4.69) is 16.8 Å². The van der Waals surface area contributed by atoms with Gasteiger partial charge in [0.05, 0.1) is 23.7 Å². The maximum Gasteiger partial charge on any atom is 0.326 e. The summed E-state index contributed by atoms with van der Waals surface area (Å²) in [5.74, 6) is -0.930. The number of aliphatic carboxylic acids is 1. The molecule has 2 aliphatic carbocycles. The molecule has 0 saturated carbocycles. The van der Waals surface area contributed by atoms with E-state index in [1.807, 2.05) is 19.2 Å². The summed E-state index contributed by atoms with van der Waals surface area (Å²) < 4.78 is 12.2. The van der Waals surface area contributed by atoms with Gasteiger partial charge in [0.1, 0.15) is 17.6 Å². The molecule has 5 N–H and O–H groups in total. The molecule has 10 heteroatoms. The number of nitrogens with zero attached hydrogens (tertiary/aromatic N) is 1. The van der Waals surface area contributed by atoms with Gasteiger partial charge in [0.15, 0.2) is 6.10 Å². The molecule has 6 atom stereocenters. The molecule has 1 aromatic rings. The molecule has 1 fully saturated rings. The number of carbonyl (C=O) groups is 2. The molecule has 4 aliphatic rings. The predicted octanol–water partition coefficient (Wildman–Crippen LogP) is 0.717. The Hall–Kier alpha value is -2.92. The van der Waals surface area contributed by atoms with Crippen molar-refractivity contribution in [3.63, 3.8) is 0 Å². The first-order chi connectivity index (χ1) is 17.5. The third-order valence-corrected chi connectivity index (χ3v) is 8.66. The van der Waals surface area contributed by atoms with Crippen molar-refractivity contribution in [1.82, 2.24) is 10.2 Å². The van der Waals surface area contributed by atoms with Crippen LogP contribution < -0.4 is 10.1 Å². The van der Waals surface area contributed by atoms with Crippen LogP contribution in [0, 0.1) is 0 Å². The number of carboxylic acid groups (broad SMARTS) is 1. The molecule has 2 heterocycles. The van der Waals surface area contributed by atoms with Gasteiger partial charge in [0.2, 0.25) is 0 Å². The Morgan fingerprint density at radius 2 is 2.14 bits per heavy atom. The van der Waals surface area contributed by atoms with E-state index in [1.54, 1.807) is 6.08 Å². The van der Waals surface area contributed by atoms with E-state index in [0.29, 0.717) is 29.9 Å². The zero-order valence-electron chi connectivity index (χ0n) is 21.1. The van der Waals surface area contributed by atoms with Crippen LogP contribution in [0.15, 0.2) is 36.2 Å². The normalized spacial score (nSPS) is 30.9. The van der Waals surface area contributed by atoms with Crippen molar-refractivity contribution in [3.8, 4) is 5.75 Å². The Kier molecular flexibility index (Phi) is 6.34.